The zero-order valence-corrected chi connectivity index (χ0v) is 22.2. The molecule has 2 aliphatic rings. The van der Waals surface area contributed by atoms with Crippen molar-refractivity contribution in [1.82, 2.24) is 4.90 Å². The Morgan fingerprint density at radius 1 is 1.23 bits per heavy atom. The maximum Gasteiger partial charge on any atom is 0.250 e. The summed E-state index contributed by atoms with van der Waals surface area (Å²) < 4.78 is 6.06. The number of rotatable bonds is 8. The standard InChI is InChI=1S/C31H42N2O2/c1-7-10-26(17-22(4)5)25(9-3)19-27(23(6)8-2)30(34)33-15-13-31(14-16-33)21-35-29-12-11-24(20-32)18-28(29)31/h7,9-12,17-19,23H,4,8,13-16,20-21,32H2,1-3,5-6H3/b10-7-,25-9+,26-17+,27-19+. The molecular weight excluding hydrogens is 432 g/mol. The van der Waals surface area contributed by atoms with Crippen LogP contribution in [-0.4, -0.2) is 30.5 Å². The van der Waals surface area contributed by atoms with Crippen molar-refractivity contribution in [2.75, 3.05) is 19.7 Å². The molecule has 2 N–H and O–H groups in total. The molecule has 1 spiro atoms. The van der Waals surface area contributed by atoms with Gasteiger partial charge in [0.2, 0.25) is 5.91 Å². The number of benzene rings is 1. The van der Waals surface area contributed by atoms with Crippen LogP contribution in [0.1, 0.15) is 65.0 Å². The van der Waals surface area contributed by atoms with Gasteiger partial charge in [0.15, 0.2) is 0 Å². The van der Waals surface area contributed by atoms with E-state index in [9.17, 15) is 4.79 Å². The highest BCUT2D eigenvalue weighted by Gasteiger charge is 2.44. The van der Waals surface area contributed by atoms with E-state index < -0.39 is 0 Å². The molecule has 35 heavy (non-hydrogen) atoms. The molecule has 1 amide bonds. The van der Waals surface area contributed by atoms with E-state index >= 15 is 0 Å². The second-order valence-electron chi connectivity index (χ2n) is 9.99. The lowest BCUT2D eigenvalue weighted by Gasteiger charge is -2.39. The van der Waals surface area contributed by atoms with Gasteiger partial charge >= 0.3 is 0 Å². The number of amides is 1. The summed E-state index contributed by atoms with van der Waals surface area (Å²) in [4.78, 5) is 15.9. The van der Waals surface area contributed by atoms with Crippen LogP contribution in [0.5, 0.6) is 5.75 Å². The summed E-state index contributed by atoms with van der Waals surface area (Å²) in [5, 5.41) is 0. The molecule has 2 heterocycles. The molecule has 1 aromatic rings. The third kappa shape index (κ3) is 5.87. The van der Waals surface area contributed by atoms with E-state index in [4.69, 9.17) is 10.5 Å². The first-order valence-electron chi connectivity index (χ1n) is 12.9. The number of allylic oxidation sites excluding steroid dienone is 8. The molecule has 2 aliphatic heterocycles. The van der Waals surface area contributed by atoms with Crippen LogP contribution in [0.25, 0.3) is 0 Å². The lowest BCUT2D eigenvalue weighted by molar-refractivity contribution is -0.129. The van der Waals surface area contributed by atoms with E-state index in [0.29, 0.717) is 13.2 Å². The van der Waals surface area contributed by atoms with E-state index in [1.54, 1.807) is 0 Å². The van der Waals surface area contributed by atoms with Crippen molar-refractivity contribution in [3.8, 4) is 5.75 Å². The molecule has 1 unspecified atom stereocenters. The summed E-state index contributed by atoms with van der Waals surface area (Å²) in [5.74, 6) is 1.30. The first-order chi connectivity index (χ1) is 16.8. The van der Waals surface area contributed by atoms with Gasteiger partial charge in [-0.05, 0) is 74.8 Å². The second kappa shape index (κ2) is 11.7. The predicted octanol–water partition coefficient (Wildman–Crippen LogP) is 6.40. The first kappa shape index (κ1) is 26.7. The average molecular weight is 475 g/mol. The quantitative estimate of drug-likeness (QED) is 0.351. The van der Waals surface area contributed by atoms with Crippen LogP contribution in [0.2, 0.25) is 0 Å². The predicted molar refractivity (Wildman–Crippen MR) is 146 cm³/mol. The van der Waals surface area contributed by atoms with Crippen LogP contribution in [-0.2, 0) is 16.8 Å². The van der Waals surface area contributed by atoms with E-state index in [1.165, 1.54) is 5.56 Å². The number of ether oxygens (including phenoxy) is 1. The fourth-order valence-corrected chi connectivity index (χ4v) is 5.08. The molecule has 188 valence electrons. The zero-order chi connectivity index (χ0) is 25.6. The number of carbonyl (C=O) groups excluding carboxylic acids is 1. The third-order valence-electron chi connectivity index (χ3n) is 7.46. The molecule has 3 rings (SSSR count). The van der Waals surface area contributed by atoms with Crippen molar-refractivity contribution in [2.45, 2.75) is 65.8 Å². The summed E-state index contributed by atoms with van der Waals surface area (Å²) in [6.45, 7) is 17.0. The number of fused-ring (bicyclic) bond motifs is 2. The number of carbonyl (C=O) groups is 1. The van der Waals surface area contributed by atoms with Gasteiger partial charge in [-0.1, -0.05) is 62.4 Å². The largest absolute Gasteiger partial charge is 0.492 e. The number of piperidine rings is 1. The van der Waals surface area contributed by atoms with Gasteiger partial charge in [-0.15, -0.1) is 0 Å². The fraction of sp³-hybridized carbons (Fsp3) is 0.452. The molecule has 1 fully saturated rings. The molecule has 1 atom stereocenters. The van der Waals surface area contributed by atoms with E-state index in [0.717, 1.165) is 66.0 Å². The molecule has 0 aliphatic carbocycles. The summed E-state index contributed by atoms with van der Waals surface area (Å²) in [6.07, 6.45) is 13.1. The summed E-state index contributed by atoms with van der Waals surface area (Å²) >= 11 is 0. The molecule has 4 heteroatoms. The van der Waals surface area contributed by atoms with Gasteiger partial charge in [-0.2, -0.15) is 0 Å². The Labute approximate surface area is 211 Å². The molecule has 0 radical (unpaired) electrons. The van der Waals surface area contributed by atoms with Gasteiger partial charge in [0.25, 0.3) is 0 Å². The Hall–Kier alpha value is -2.85. The van der Waals surface area contributed by atoms with Crippen LogP contribution in [0.15, 0.2) is 77.5 Å². The SMILES string of the molecule is C=C(C)/C=C(\C=C/C)C(=C/C)/C=C(/C(=O)N1CCC2(CC1)COc1ccc(CN)cc12)C(C)CC. The molecule has 1 saturated heterocycles. The first-order valence-corrected chi connectivity index (χ1v) is 12.9. The van der Waals surface area contributed by atoms with Crippen molar-refractivity contribution in [1.29, 1.82) is 0 Å². The monoisotopic (exact) mass is 474 g/mol. The topological polar surface area (TPSA) is 55.6 Å². The second-order valence-corrected chi connectivity index (χ2v) is 9.99. The van der Waals surface area contributed by atoms with Crippen LogP contribution in [0.3, 0.4) is 0 Å². The molecule has 1 aromatic carbocycles. The fourth-order valence-electron chi connectivity index (χ4n) is 5.08. The van der Waals surface area contributed by atoms with Gasteiger partial charge < -0.3 is 15.4 Å². The summed E-state index contributed by atoms with van der Waals surface area (Å²) in [5.41, 5.74) is 12.3. The maximum absolute atomic E-state index is 13.8. The Bertz CT molecular complexity index is 1070. The lowest BCUT2D eigenvalue weighted by Crippen LogP contribution is -2.46. The highest BCUT2D eigenvalue weighted by molar-refractivity contribution is 5.94. The lowest BCUT2D eigenvalue weighted by atomic mass is 9.74. The Balaban J connectivity index is 1.85. The average Bonchev–Trinajstić information content (AvgIpc) is 3.21. The van der Waals surface area contributed by atoms with Crippen LogP contribution < -0.4 is 10.5 Å². The maximum atomic E-state index is 13.8. The highest BCUT2D eigenvalue weighted by Crippen LogP contribution is 2.46. The van der Waals surface area contributed by atoms with Gasteiger partial charge in [0.05, 0.1) is 6.61 Å². The minimum Gasteiger partial charge on any atom is -0.492 e. The highest BCUT2D eigenvalue weighted by atomic mass is 16.5. The zero-order valence-electron chi connectivity index (χ0n) is 22.2. The molecule has 0 bridgehead atoms. The van der Waals surface area contributed by atoms with E-state index in [-0.39, 0.29) is 17.2 Å². The van der Waals surface area contributed by atoms with Gasteiger partial charge in [-0.25, -0.2) is 0 Å². The summed E-state index contributed by atoms with van der Waals surface area (Å²) in [6, 6.07) is 6.30. The molecule has 0 aromatic heterocycles. The molecule has 4 nitrogen and oxygen atoms in total. The summed E-state index contributed by atoms with van der Waals surface area (Å²) in [7, 11) is 0. The number of hydrogen-bond donors (Lipinski definition) is 1. The third-order valence-corrected chi connectivity index (χ3v) is 7.46. The number of hydrogen-bond acceptors (Lipinski definition) is 3. The molecular formula is C31H42N2O2. The van der Waals surface area contributed by atoms with E-state index in [1.807, 2.05) is 43.9 Å². The normalized spacial score (nSPS) is 19.1. The van der Waals surface area contributed by atoms with Crippen LogP contribution in [0, 0.1) is 5.92 Å². The van der Waals surface area contributed by atoms with E-state index in [2.05, 4.69) is 50.8 Å². The number of nitrogens with two attached hydrogens (primary N) is 1. The van der Waals surface area contributed by atoms with Crippen molar-refractivity contribution in [3.63, 3.8) is 0 Å². The Morgan fingerprint density at radius 3 is 2.51 bits per heavy atom. The number of nitrogens with zero attached hydrogens (tertiary/aromatic N) is 1. The Kier molecular flexibility index (Phi) is 8.96. The number of likely N-dealkylation sites (tertiary alicyclic amines) is 1. The minimum atomic E-state index is -0.0185. The molecule has 0 saturated carbocycles. The van der Waals surface area contributed by atoms with Gasteiger partial charge in [-0.3, -0.25) is 4.79 Å². The minimum absolute atomic E-state index is 0.0185. The van der Waals surface area contributed by atoms with Crippen LogP contribution >= 0.6 is 0 Å². The van der Waals surface area contributed by atoms with Crippen molar-refractivity contribution < 1.29 is 9.53 Å². The van der Waals surface area contributed by atoms with Crippen molar-refractivity contribution >= 4 is 5.91 Å². The van der Waals surface area contributed by atoms with Crippen molar-refractivity contribution in [2.24, 2.45) is 11.7 Å². The van der Waals surface area contributed by atoms with Crippen LogP contribution in [0.4, 0.5) is 0 Å². The van der Waals surface area contributed by atoms with Gasteiger partial charge in [0, 0.05) is 36.2 Å². The Morgan fingerprint density at radius 2 is 1.94 bits per heavy atom. The smallest absolute Gasteiger partial charge is 0.250 e. The van der Waals surface area contributed by atoms with Crippen molar-refractivity contribution in [3.05, 3.63) is 88.6 Å². The van der Waals surface area contributed by atoms with Gasteiger partial charge in [0.1, 0.15) is 5.75 Å².